The first-order valence-corrected chi connectivity index (χ1v) is 13.5. The predicted molar refractivity (Wildman–Crippen MR) is 128 cm³/mol. The van der Waals surface area contributed by atoms with E-state index >= 15 is 0 Å². The van der Waals surface area contributed by atoms with Crippen molar-refractivity contribution in [3.63, 3.8) is 0 Å². The maximum atomic E-state index is 13.4. The number of hydrogen-bond acceptors (Lipinski definition) is 5. The average Bonchev–Trinajstić information content (AvgIpc) is 3.24. The van der Waals surface area contributed by atoms with Crippen molar-refractivity contribution in [1.29, 1.82) is 0 Å². The first-order valence-electron chi connectivity index (χ1n) is 12.6. The standard InChI is InChI=1S/C25H40N4O2S/c1-17(2)22-8-7-18(3)9-25(31)29-13-19-10-20(23(29)5-4-6-24(30)27-22)14-28(12-19)15-21-11-26-16-32-21/h11,16-20,22-23H,4-10,12-15H2,1-3H3,(H,27,30)/t18-,19+,20-,22+,23+/m1/s1. The zero-order valence-electron chi connectivity index (χ0n) is 20.0. The fourth-order valence-corrected chi connectivity index (χ4v) is 6.72. The van der Waals surface area contributed by atoms with E-state index in [1.54, 1.807) is 11.3 Å². The quantitative estimate of drug-likeness (QED) is 0.742. The Labute approximate surface area is 197 Å². The third-order valence-corrected chi connectivity index (χ3v) is 8.54. The molecule has 0 spiro atoms. The lowest BCUT2D eigenvalue weighted by molar-refractivity contribution is -0.142. The van der Waals surface area contributed by atoms with Gasteiger partial charge in [0.1, 0.15) is 0 Å². The smallest absolute Gasteiger partial charge is 0.223 e. The van der Waals surface area contributed by atoms with Crippen LogP contribution in [0.25, 0.3) is 0 Å². The van der Waals surface area contributed by atoms with E-state index in [0.717, 1.165) is 51.9 Å². The number of nitrogens with zero attached hydrogens (tertiary/aromatic N) is 3. The van der Waals surface area contributed by atoms with Crippen molar-refractivity contribution in [3.05, 3.63) is 16.6 Å². The van der Waals surface area contributed by atoms with Gasteiger partial charge in [-0.2, -0.15) is 0 Å². The van der Waals surface area contributed by atoms with Crippen molar-refractivity contribution in [2.24, 2.45) is 23.7 Å². The summed E-state index contributed by atoms with van der Waals surface area (Å²) in [6, 6.07) is 0.479. The third kappa shape index (κ3) is 5.90. The van der Waals surface area contributed by atoms with Crippen LogP contribution in [0.5, 0.6) is 0 Å². The molecule has 2 bridgehead atoms. The zero-order valence-corrected chi connectivity index (χ0v) is 20.8. The van der Waals surface area contributed by atoms with Crippen LogP contribution in [0.3, 0.4) is 0 Å². The number of thiazole rings is 1. The van der Waals surface area contributed by atoms with Gasteiger partial charge in [0.05, 0.1) is 5.51 Å². The Morgan fingerprint density at radius 3 is 2.78 bits per heavy atom. The first-order chi connectivity index (χ1) is 15.4. The number of carbonyl (C=O) groups excluding carboxylic acids is 2. The van der Waals surface area contributed by atoms with Gasteiger partial charge in [-0.05, 0) is 55.8 Å². The lowest BCUT2D eigenvalue weighted by atomic mass is 9.77. The van der Waals surface area contributed by atoms with E-state index < -0.39 is 0 Å². The van der Waals surface area contributed by atoms with Crippen LogP contribution >= 0.6 is 11.3 Å². The molecule has 7 heteroatoms. The van der Waals surface area contributed by atoms with E-state index in [2.05, 4.69) is 40.9 Å². The number of carbonyl (C=O) groups is 2. The molecule has 3 aliphatic heterocycles. The number of piperidine rings is 2. The van der Waals surface area contributed by atoms with Crippen molar-refractivity contribution in [2.45, 2.75) is 84.3 Å². The molecule has 1 N–H and O–H groups in total. The number of amides is 2. The molecule has 1 aromatic rings. The van der Waals surface area contributed by atoms with E-state index in [-0.39, 0.29) is 18.0 Å². The van der Waals surface area contributed by atoms with Crippen LogP contribution in [-0.2, 0) is 16.1 Å². The van der Waals surface area contributed by atoms with Crippen LogP contribution in [0, 0.1) is 23.7 Å². The van der Waals surface area contributed by atoms with Crippen LogP contribution in [0.4, 0.5) is 0 Å². The summed E-state index contributed by atoms with van der Waals surface area (Å²) in [5.74, 6) is 2.35. The molecule has 3 aliphatic rings. The molecular formula is C25H40N4O2S. The predicted octanol–water partition coefficient (Wildman–Crippen LogP) is 3.92. The van der Waals surface area contributed by atoms with Gasteiger partial charge in [0.2, 0.25) is 11.8 Å². The van der Waals surface area contributed by atoms with Gasteiger partial charge in [0.25, 0.3) is 0 Å². The van der Waals surface area contributed by atoms with Gasteiger partial charge in [-0.3, -0.25) is 19.5 Å². The maximum absolute atomic E-state index is 13.4. The van der Waals surface area contributed by atoms with Gasteiger partial charge in [0.15, 0.2) is 0 Å². The van der Waals surface area contributed by atoms with E-state index in [0.29, 0.717) is 42.4 Å². The molecule has 5 atom stereocenters. The molecule has 1 aromatic heterocycles. The Kier molecular flexibility index (Phi) is 7.87. The summed E-state index contributed by atoms with van der Waals surface area (Å²) in [6.07, 6.45) is 8.14. The minimum absolute atomic E-state index is 0.178. The van der Waals surface area contributed by atoms with E-state index in [1.807, 2.05) is 11.7 Å². The van der Waals surface area contributed by atoms with Gasteiger partial charge in [-0.25, -0.2) is 0 Å². The molecule has 6 nitrogen and oxygen atoms in total. The molecule has 0 saturated carbocycles. The Hall–Kier alpha value is -1.47. The summed E-state index contributed by atoms with van der Waals surface area (Å²) in [4.78, 5) is 36.4. The fourth-order valence-electron chi connectivity index (χ4n) is 6.08. The van der Waals surface area contributed by atoms with Gasteiger partial charge >= 0.3 is 0 Å². The molecule has 3 saturated heterocycles. The minimum Gasteiger partial charge on any atom is -0.353 e. The number of nitrogens with one attached hydrogen (secondary N) is 1. The molecule has 0 aromatic carbocycles. The lowest BCUT2D eigenvalue weighted by Gasteiger charge is -2.51. The highest BCUT2D eigenvalue weighted by atomic mass is 32.1. The Balaban J connectivity index is 1.47. The summed E-state index contributed by atoms with van der Waals surface area (Å²) in [5, 5.41) is 3.28. The molecule has 4 heterocycles. The Morgan fingerprint density at radius 1 is 1.19 bits per heavy atom. The molecule has 178 valence electrons. The van der Waals surface area contributed by atoms with Crippen molar-refractivity contribution in [3.8, 4) is 0 Å². The van der Waals surface area contributed by atoms with Crippen LogP contribution in [0.15, 0.2) is 11.7 Å². The summed E-state index contributed by atoms with van der Waals surface area (Å²) >= 11 is 1.73. The average molecular weight is 461 g/mol. The van der Waals surface area contributed by atoms with Gasteiger partial charge in [0, 0.05) is 62.2 Å². The second-order valence-electron chi connectivity index (χ2n) is 10.8. The summed E-state index contributed by atoms with van der Waals surface area (Å²) < 4.78 is 0. The van der Waals surface area contributed by atoms with E-state index in [4.69, 9.17) is 0 Å². The SMILES string of the molecule is CC(C)[C@@H]1CC[C@@H](C)CC(=O)N2C[C@H]3C[C@H](CN(Cc4cncs4)C3)[C@@H]2CCCC(=O)N1. The number of aromatic nitrogens is 1. The van der Waals surface area contributed by atoms with Crippen LogP contribution < -0.4 is 5.32 Å². The van der Waals surface area contributed by atoms with Crippen LogP contribution in [0.2, 0.25) is 0 Å². The van der Waals surface area contributed by atoms with Crippen molar-refractivity contribution < 1.29 is 9.59 Å². The molecule has 0 aliphatic carbocycles. The van der Waals surface area contributed by atoms with Crippen LogP contribution in [0.1, 0.15) is 70.6 Å². The summed E-state index contributed by atoms with van der Waals surface area (Å²) in [7, 11) is 0. The molecule has 0 radical (unpaired) electrons. The molecule has 0 unspecified atom stereocenters. The molecular weight excluding hydrogens is 420 g/mol. The van der Waals surface area contributed by atoms with E-state index in [9.17, 15) is 9.59 Å². The summed E-state index contributed by atoms with van der Waals surface area (Å²) in [6.45, 7) is 10.5. The minimum atomic E-state index is 0.178. The number of likely N-dealkylation sites (tertiary alicyclic amines) is 1. The van der Waals surface area contributed by atoms with Crippen molar-refractivity contribution in [2.75, 3.05) is 19.6 Å². The second kappa shape index (κ2) is 10.6. The molecule has 32 heavy (non-hydrogen) atoms. The molecule has 3 fully saturated rings. The van der Waals surface area contributed by atoms with Crippen LogP contribution in [-0.4, -0.2) is 58.3 Å². The van der Waals surface area contributed by atoms with Gasteiger partial charge in [-0.15, -0.1) is 11.3 Å². The second-order valence-corrected chi connectivity index (χ2v) is 11.8. The zero-order chi connectivity index (χ0) is 22.7. The normalized spacial score (nSPS) is 33.1. The summed E-state index contributed by atoms with van der Waals surface area (Å²) in [5.41, 5.74) is 1.91. The highest BCUT2D eigenvalue weighted by Gasteiger charge is 2.42. The number of hydrogen-bond donors (Lipinski definition) is 1. The first kappa shape index (κ1) is 23.7. The monoisotopic (exact) mass is 460 g/mol. The maximum Gasteiger partial charge on any atom is 0.223 e. The number of fused-ring (bicyclic) bond motifs is 4. The topological polar surface area (TPSA) is 65.5 Å². The Bertz CT molecular complexity index is 768. The Morgan fingerprint density at radius 2 is 2.03 bits per heavy atom. The highest BCUT2D eigenvalue weighted by molar-refractivity contribution is 7.09. The van der Waals surface area contributed by atoms with Crippen molar-refractivity contribution >= 4 is 23.2 Å². The highest BCUT2D eigenvalue weighted by Crippen LogP contribution is 2.37. The third-order valence-electron chi connectivity index (χ3n) is 7.78. The van der Waals surface area contributed by atoms with Gasteiger partial charge < -0.3 is 10.2 Å². The lowest BCUT2D eigenvalue weighted by Crippen LogP contribution is -2.59. The van der Waals surface area contributed by atoms with Crippen molar-refractivity contribution in [1.82, 2.24) is 20.1 Å². The molecule has 4 rings (SSSR count). The van der Waals surface area contributed by atoms with E-state index in [1.165, 1.54) is 11.3 Å². The fraction of sp³-hybridized carbons (Fsp3) is 0.800. The largest absolute Gasteiger partial charge is 0.353 e. The molecule has 2 amide bonds. The van der Waals surface area contributed by atoms with Gasteiger partial charge in [-0.1, -0.05) is 20.8 Å². The number of rotatable bonds is 3.